The van der Waals surface area contributed by atoms with E-state index in [9.17, 15) is 0 Å². The predicted molar refractivity (Wildman–Crippen MR) is 191 cm³/mol. The van der Waals surface area contributed by atoms with Crippen molar-refractivity contribution in [3.05, 3.63) is 180 Å². The number of rotatable bonds is 5. The largest absolute Gasteiger partial charge is 0.464 e. The molecule has 0 aromatic heterocycles. The standard InChI is InChI=1S/C42H34N4O/c1-4-10-27(11-5-1)28-16-21-32(22-17-28)40-44-39(31-12-6-2-7-13-31)45-41(46-40)34-23-19-29-18-20-30-24-25-36-38(37(30)35(29)26-34)47-42(43-36)33-14-8-3-9-15-33/h1-26,39-46H. The highest BCUT2D eigenvalue weighted by atomic mass is 16.5. The molecule has 0 amide bonds. The molecule has 228 valence electrons. The Morgan fingerprint density at radius 3 is 1.64 bits per heavy atom. The maximum atomic E-state index is 6.64. The predicted octanol–water partition coefficient (Wildman–Crippen LogP) is 9.34. The fourth-order valence-electron chi connectivity index (χ4n) is 6.98. The number of hydrogen-bond donors (Lipinski definition) is 4. The van der Waals surface area contributed by atoms with Crippen LogP contribution >= 0.6 is 0 Å². The molecule has 4 unspecified atom stereocenters. The monoisotopic (exact) mass is 610 g/mol. The summed E-state index contributed by atoms with van der Waals surface area (Å²) in [5.74, 6) is 0.906. The van der Waals surface area contributed by atoms with Crippen LogP contribution in [0.3, 0.4) is 0 Å². The third kappa shape index (κ3) is 5.21. The van der Waals surface area contributed by atoms with E-state index >= 15 is 0 Å². The lowest BCUT2D eigenvalue weighted by Crippen LogP contribution is -2.54. The Labute approximate surface area is 274 Å². The van der Waals surface area contributed by atoms with Crippen LogP contribution in [0.2, 0.25) is 0 Å². The molecule has 1 saturated heterocycles. The average molecular weight is 611 g/mol. The van der Waals surface area contributed by atoms with Crippen molar-refractivity contribution in [2.24, 2.45) is 0 Å². The van der Waals surface area contributed by atoms with Gasteiger partial charge in [0, 0.05) is 10.9 Å². The van der Waals surface area contributed by atoms with E-state index in [2.05, 4.69) is 173 Å². The number of anilines is 1. The second-order valence-corrected chi connectivity index (χ2v) is 12.3. The van der Waals surface area contributed by atoms with Gasteiger partial charge < -0.3 is 10.1 Å². The van der Waals surface area contributed by atoms with Crippen molar-refractivity contribution in [1.29, 1.82) is 0 Å². The van der Waals surface area contributed by atoms with E-state index in [0.29, 0.717) is 0 Å². The van der Waals surface area contributed by atoms with Gasteiger partial charge in [0.25, 0.3) is 0 Å². The highest BCUT2D eigenvalue weighted by Gasteiger charge is 2.31. The summed E-state index contributed by atoms with van der Waals surface area (Å²) in [7, 11) is 0. The van der Waals surface area contributed by atoms with Crippen LogP contribution in [0.15, 0.2) is 158 Å². The fourth-order valence-corrected chi connectivity index (χ4v) is 6.98. The molecule has 2 aliphatic rings. The van der Waals surface area contributed by atoms with E-state index < -0.39 is 0 Å². The van der Waals surface area contributed by atoms with Crippen molar-refractivity contribution in [2.45, 2.75) is 24.7 Å². The molecule has 9 rings (SSSR count). The van der Waals surface area contributed by atoms with E-state index in [4.69, 9.17) is 4.74 Å². The van der Waals surface area contributed by atoms with Crippen LogP contribution in [-0.4, -0.2) is 0 Å². The molecular weight excluding hydrogens is 576 g/mol. The summed E-state index contributed by atoms with van der Waals surface area (Å²) in [4.78, 5) is 0. The van der Waals surface area contributed by atoms with Gasteiger partial charge in [-0.1, -0.05) is 146 Å². The highest BCUT2D eigenvalue weighted by Crippen LogP contribution is 2.46. The van der Waals surface area contributed by atoms with Crippen LogP contribution in [-0.2, 0) is 0 Å². The Morgan fingerprint density at radius 2 is 0.936 bits per heavy atom. The normalized spacial score (nSPS) is 20.4. The van der Waals surface area contributed by atoms with Gasteiger partial charge in [0.1, 0.15) is 0 Å². The van der Waals surface area contributed by atoms with Crippen molar-refractivity contribution in [3.63, 3.8) is 0 Å². The van der Waals surface area contributed by atoms with Gasteiger partial charge in [-0.2, -0.15) is 0 Å². The second kappa shape index (κ2) is 11.7. The summed E-state index contributed by atoms with van der Waals surface area (Å²) in [6.07, 6.45) is -0.438. The summed E-state index contributed by atoms with van der Waals surface area (Å²) < 4.78 is 6.64. The number of fused-ring (bicyclic) bond motifs is 5. The molecule has 0 radical (unpaired) electrons. The summed E-state index contributed by atoms with van der Waals surface area (Å²) in [6.45, 7) is 0. The number of benzene rings is 7. The first kappa shape index (κ1) is 27.8. The third-order valence-corrected chi connectivity index (χ3v) is 9.42. The van der Waals surface area contributed by atoms with E-state index in [1.807, 2.05) is 6.07 Å². The van der Waals surface area contributed by atoms with E-state index in [1.165, 1.54) is 38.6 Å². The molecular formula is C42H34N4O. The fraction of sp³-hybridized carbons (Fsp3) is 0.0952. The lowest BCUT2D eigenvalue weighted by atomic mass is 9.97. The van der Waals surface area contributed by atoms with Gasteiger partial charge in [-0.3, -0.25) is 16.0 Å². The van der Waals surface area contributed by atoms with Crippen LogP contribution in [0, 0.1) is 0 Å². The molecule has 0 bridgehead atoms. The molecule has 47 heavy (non-hydrogen) atoms. The lowest BCUT2D eigenvalue weighted by Gasteiger charge is -2.39. The van der Waals surface area contributed by atoms with Crippen LogP contribution in [0.5, 0.6) is 5.75 Å². The smallest absolute Gasteiger partial charge is 0.196 e. The highest BCUT2D eigenvalue weighted by molar-refractivity contribution is 6.13. The summed E-state index contributed by atoms with van der Waals surface area (Å²) in [5.41, 5.74) is 8.10. The summed E-state index contributed by atoms with van der Waals surface area (Å²) in [5, 5.41) is 19.8. The molecule has 5 heteroatoms. The molecule has 2 heterocycles. The maximum absolute atomic E-state index is 6.64. The minimum absolute atomic E-state index is 0.0483. The van der Waals surface area contributed by atoms with Gasteiger partial charge in [0.15, 0.2) is 12.0 Å². The van der Waals surface area contributed by atoms with Crippen LogP contribution in [0.4, 0.5) is 5.69 Å². The molecule has 2 aliphatic heterocycles. The van der Waals surface area contributed by atoms with Crippen LogP contribution in [0.1, 0.15) is 47.0 Å². The van der Waals surface area contributed by atoms with E-state index in [1.54, 1.807) is 0 Å². The SMILES string of the molecule is c1ccc(-c2ccc(C3NC(c4ccccc4)NC(c4ccc5ccc6ccc7c(c6c5c4)OC(c4ccccc4)N7)N3)cc2)cc1. The average Bonchev–Trinajstić information content (AvgIpc) is 3.60. The molecule has 0 aliphatic carbocycles. The number of nitrogens with one attached hydrogen (secondary N) is 4. The van der Waals surface area contributed by atoms with Crippen molar-refractivity contribution < 1.29 is 4.74 Å². The molecule has 4 N–H and O–H groups in total. The molecule has 1 fully saturated rings. The van der Waals surface area contributed by atoms with Crippen LogP contribution in [0.25, 0.3) is 32.7 Å². The van der Waals surface area contributed by atoms with Crippen molar-refractivity contribution >= 4 is 27.2 Å². The van der Waals surface area contributed by atoms with E-state index in [-0.39, 0.29) is 24.7 Å². The Morgan fingerprint density at radius 1 is 0.426 bits per heavy atom. The molecule has 0 spiro atoms. The summed E-state index contributed by atoms with van der Waals surface area (Å²) >= 11 is 0. The maximum Gasteiger partial charge on any atom is 0.196 e. The quantitative estimate of drug-likeness (QED) is 0.146. The van der Waals surface area contributed by atoms with Crippen molar-refractivity contribution in [1.82, 2.24) is 16.0 Å². The molecule has 0 saturated carbocycles. The zero-order chi connectivity index (χ0) is 31.2. The first-order chi connectivity index (χ1) is 23.3. The second-order valence-electron chi connectivity index (χ2n) is 12.3. The van der Waals surface area contributed by atoms with E-state index in [0.717, 1.165) is 27.8 Å². The zero-order valence-electron chi connectivity index (χ0n) is 25.7. The first-order valence-corrected chi connectivity index (χ1v) is 16.2. The lowest BCUT2D eigenvalue weighted by molar-refractivity contribution is 0.203. The minimum atomic E-state index is -0.219. The van der Waals surface area contributed by atoms with Gasteiger partial charge in [0.2, 0.25) is 0 Å². The number of hydrogen-bond acceptors (Lipinski definition) is 5. The Balaban J connectivity index is 1.09. The van der Waals surface area contributed by atoms with Gasteiger partial charge in [-0.15, -0.1) is 0 Å². The topological polar surface area (TPSA) is 57.4 Å². The van der Waals surface area contributed by atoms with Gasteiger partial charge >= 0.3 is 0 Å². The van der Waals surface area contributed by atoms with Gasteiger partial charge in [0.05, 0.1) is 24.2 Å². The van der Waals surface area contributed by atoms with Crippen molar-refractivity contribution in [3.8, 4) is 16.9 Å². The zero-order valence-corrected chi connectivity index (χ0v) is 25.7. The Bertz CT molecular complexity index is 2190. The van der Waals surface area contributed by atoms with Gasteiger partial charge in [-0.25, -0.2) is 0 Å². The molecule has 4 atom stereocenters. The minimum Gasteiger partial charge on any atom is -0.464 e. The third-order valence-electron chi connectivity index (χ3n) is 9.42. The Hall–Kier alpha value is -5.46. The number of ether oxygens (including phenoxy) is 1. The molecule has 5 nitrogen and oxygen atoms in total. The van der Waals surface area contributed by atoms with Crippen LogP contribution < -0.4 is 26.0 Å². The summed E-state index contributed by atoms with van der Waals surface area (Å²) in [6, 6.07) is 55.8. The Kier molecular flexibility index (Phi) is 6.94. The molecule has 7 aromatic carbocycles. The van der Waals surface area contributed by atoms with Gasteiger partial charge in [-0.05, 0) is 56.1 Å². The van der Waals surface area contributed by atoms with Crippen molar-refractivity contribution in [2.75, 3.05) is 5.32 Å². The molecule has 7 aromatic rings. The first-order valence-electron chi connectivity index (χ1n) is 16.2.